The van der Waals surface area contributed by atoms with Crippen LogP contribution in [0.5, 0.6) is 0 Å². The molecule has 5 rings (SSSR count). The van der Waals surface area contributed by atoms with E-state index in [1.807, 2.05) is 29.2 Å². The number of nitrogens with zero attached hydrogens (tertiary/aromatic N) is 6. The number of carbonyl (C=O) groups excluding carboxylic acids is 2. The third-order valence-corrected chi connectivity index (χ3v) is 7.03. The molecule has 3 amide bonds. The first-order valence-electron chi connectivity index (χ1n) is 13.7. The Bertz CT molecular complexity index is 1320. The Labute approximate surface area is 234 Å². The number of nitrogens with one attached hydrogen (secondary N) is 2. The standard InChI is InChI=1S/C29H36N8O3/c1-20(2)25-32-26(34-28(33-25)37-16-18-40-19-17-37)21-4-8-23(9-5-21)30-29(39)31-24-10-6-22(7-11-24)27(38)36-14-12-35(3)13-15-36/h4-11,20H,12-19H2,1-3H3,(H2,30,31,39). The highest BCUT2D eigenvalue weighted by Gasteiger charge is 2.21. The van der Waals surface area contributed by atoms with Crippen molar-refractivity contribution in [1.29, 1.82) is 0 Å². The number of urea groups is 1. The Balaban J connectivity index is 1.20. The number of aromatic nitrogens is 3. The van der Waals surface area contributed by atoms with Gasteiger partial charge in [0.1, 0.15) is 5.82 Å². The van der Waals surface area contributed by atoms with E-state index >= 15 is 0 Å². The minimum atomic E-state index is -0.372. The summed E-state index contributed by atoms with van der Waals surface area (Å²) in [6.45, 7) is 10.1. The van der Waals surface area contributed by atoms with Crippen molar-refractivity contribution in [2.75, 3.05) is 75.1 Å². The van der Waals surface area contributed by atoms with Crippen LogP contribution >= 0.6 is 0 Å². The monoisotopic (exact) mass is 544 g/mol. The van der Waals surface area contributed by atoms with Gasteiger partial charge in [-0.2, -0.15) is 9.97 Å². The number of carbonyl (C=O) groups is 2. The van der Waals surface area contributed by atoms with E-state index in [0.29, 0.717) is 41.9 Å². The highest BCUT2D eigenvalue weighted by molar-refractivity contribution is 6.00. The van der Waals surface area contributed by atoms with E-state index in [4.69, 9.17) is 9.72 Å². The Hall–Kier alpha value is -4.09. The lowest BCUT2D eigenvalue weighted by Crippen LogP contribution is -2.47. The maximum absolute atomic E-state index is 12.7. The zero-order chi connectivity index (χ0) is 28.1. The zero-order valence-electron chi connectivity index (χ0n) is 23.3. The molecule has 0 unspecified atom stereocenters. The number of anilines is 3. The van der Waals surface area contributed by atoms with E-state index in [2.05, 4.69) is 51.3 Å². The smallest absolute Gasteiger partial charge is 0.323 e. The van der Waals surface area contributed by atoms with Crippen LogP contribution in [0.2, 0.25) is 0 Å². The third kappa shape index (κ3) is 6.72. The minimum Gasteiger partial charge on any atom is -0.378 e. The Morgan fingerprint density at radius 2 is 1.40 bits per heavy atom. The molecule has 3 aromatic rings. The predicted molar refractivity (Wildman–Crippen MR) is 155 cm³/mol. The molecule has 0 radical (unpaired) electrons. The van der Waals surface area contributed by atoms with Crippen molar-refractivity contribution in [3.8, 4) is 11.4 Å². The maximum atomic E-state index is 12.7. The number of ether oxygens (including phenoxy) is 1. The Morgan fingerprint density at radius 1 is 0.800 bits per heavy atom. The number of likely N-dealkylation sites (N-methyl/N-ethyl adjacent to an activating group) is 1. The van der Waals surface area contributed by atoms with Crippen molar-refractivity contribution in [1.82, 2.24) is 24.8 Å². The van der Waals surface area contributed by atoms with Gasteiger partial charge in [0, 0.05) is 67.7 Å². The van der Waals surface area contributed by atoms with Crippen LogP contribution in [-0.2, 0) is 4.74 Å². The Morgan fingerprint density at radius 3 is 2.00 bits per heavy atom. The van der Waals surface area contributed by atoms with Crippen LogP contribution < -0.4 is 15.5 Å². The molecule has 0 bridgehead atoms. The number of hydrogen-bond acceptors (Lipinski definition) is 8. The SMILES string of the molecule is CC(C)c1nc(-c2ccc(NC(=O)Nc3ccc(C(=O)N4CCN(C)CC4)cc3)cc2)nc(N2CCOCC2)n1. The number of amides is 3. The zero-order valence-corrected chi connectivity index (χ0v) is 23.3. The predicted octanol–water partition coefficient (Wildman–Crippen LogP) is 3.53. The molecule has 2 saturated heterocycles. The normalized spacial score (nSPS) is 16.2. The molecule has 11 nitrogen and oxygen atoms in total. The summed E-state index contributed by atoms with van der Waals surface area (Å²) in [6, 6.07) is 14.0. The summed E-state index contributed by atoms with van der Waals surface area (Å²) in [5, 5.41) is 5.67. The van der Waals surface area contributed by atoms with Crippen LogP contribution in [0.1, 0.15) is 35.9 Å². The van der Waals surface area contributed by atoms with Gasteiger partial charge >= 0.3 is 6.03 Å². The molecule has 11 heteroatoms. The van der Waals surface area contributed by atoms with Crippen molar-refractivity contribution in [2.24, 2.45) is 0 Å². The van der Waals surface area contributed by atoms with E-state index in [-0.39, 0.29) is 17.9 Å². The van der Waals surface area contributed by atoms with Crippen molar-refractivity contribution in [2.45, 2.75) is 19.8 Å². The van der Waals surface area contributed by atoms with Crippen LogP contribution in [-0.4, -0.2) is 96.2 Å². The first-order chi connectivity index (χ1) is 19.4. The second-order valence-electron chi connectivity index (χ2n) is 10.4. The van der Waals surface area contributed by atoms with Gasteiger partial charge in [-0.25, -0.2) is 9.78 Å². The molecular formula is C29H36N8O3. The second kappa shape index (κ2) is 12.4. The van der Waals surface area contributed by atoms with Crippen molar-refractivity contribution in [3.63, 3.8) is 0 Å². The third-order valence-electron chi connectivity index (χ3n) is 7.03. The number of morpholine rings is 1. The number of piperazine rings is 1. The molecule has 2 N–H and O–H groups in total. The number of hydrogen-bond donors (Lipinski definition) is 2. The van der Waals surface area contributed by atoms with Gasteiger partial charge in [0.2, 0.25) is 5.95 Å². The summed E-state index contributed by atoms with van der Waals surface area (Å²) < 4.78 is 5.47. The van der Waals surface area contributed by atoms with Gasteiger partial charge in [-0.1, -0.05) is 13.8 Å². The van der Waals surface area contributed by atoms with Gasteiger partial charge in [0.15, 0.2) is 5.82 Å². The van der Waals surface area contributed by atoms with Crippen LogP contribution in [0, 0.1) is 0 Å². The van der Waals surface area contributed by atoms with Crippen LogP contribution in [0.15, 0.2) is 48.5 Å². The largest absolute Gasteiger partial charge is 0.378 e. The fourth-order valence-electron chi connectivity index (χ4n) is 4.56. The molecule has 2 fully saturated rings. The lowest BCUT2D eigenvalue weighted by atomic mass is 10.1. The Kier molecular flexibility index (Phi) is 8.51. The molecule has 3 heterocycles. The molecule has 0 spiro atoms. The van der Waals surface area contributed by atoms with Gasteiger partial charge in [0.25, 0.3) is 5.91 Å². The van der Waals surface area contributed by atoms with Crippen molar-refractivity contribution in [3.05, 3.63) is 59.9 Å². The van der Waals surface area contributed by atoms with E-state index in [1.54, 1.807) is 24.3 Å². The van der Waals surface area contributed by atoms with E-state index in [0.717, 1.165) is 50.7 Å². The summed E-state index contributed by atoms with van der Waals surface area (Å²) in [6.07, 6.45) is 0. The van der Waals surface area contributed by atoms with Crippen LogP contribution in [0.25, 0.3) is 11.4 Å². The summed E-state index contributed by atoms with van der Waals surface area (Å²) in [5.41, 5.74) is 2.69. The fourth-order valence-corrected chi connectivity index (χ4v) is 4.56. The van der Waals surface area contributed by atoms with Gasteiger partial charge in [-0.3, -0.25) is 4.79 Å². The average Bonchev–Trinajstić information content (AvgIpc) is 2.98. The molecule has 0 atom stereocenters. The topological polar surface area (TPSA) is 116 Å². The van der Waals surface area contributed by atoms with Gasteiger partial charge in [0.05, 0.1) is 13.2 Å². The number of rotatable bonds is 6. The van der Waals surface area contributed by atoms with Gasteiger partial charge in [-0.05, 0) is 55.6 Å². The first kappa shape index (κ1) is 27.5. The molecule has 2 aromatic carbocycles. The molecule has 1 aromatic heterocycles. The van der Waals surface area contributed by atoms with Gasteiger partial charge in [-0.15, -0.1) is 0 Å². The molecule has 210 valence electrons. The van der Waals surface area contributed by atoms with Crippen molar-refractivity contribution < 1.29 is 14.3 Å². The van der Waals surface area contributed by atoms with E-state index in [9.17, 15) is 9.59 Å². The summed E-state index contributed by atoms with van der Waals surface area (Å²) >= 11 is 0. The molecule has 0 aliphatic carbocycles. The highest BCUT2D eigenvalue weighted by Crippen LogP contribution is 2.23. The van der Waals surface area contributed by atoms with E-state index < -0.39 is 0 Å². The van der Waals surface area contributed by atoms with Crippen LogP contribution in [0.4, 0.5) is 22.1 Å². The lowest BCUT2D eigenvalue weighted by molar-refractivity contribution is 0.0664. The minimum absolute atomic E-state index is 0.0138. The number of benzene rings is 2. The summed E-state index contributed by atoms with van der Waals surface area (Å²) in [7, 11) is 2.06. The average molecular weight is 545 g/mol. The maximum Gasteiger partial charge on any atom is 0.323 e. The molecule has 2 aliphatic heterocycles. The second-order valence-corrected chi connectivity index (χ2v) is 10.4. The fraction of sp³-hybridized carbons (Fsp3) is 0.414. The van der Waals surface area contributed by atoms with Crippen molar-refractivity contribution >= 4 is 29.3 Å². The summed E-state index contributed by atoms with van der Waals surface area (Å²) in [5.74, 6) is 2.17. The molecule has 40 heavy (non-hydrogen) atoms. The molecular weight excluding hydrogens is 508 g/mol. The highest BCUT2D eigenvalue weighted by atomic mass is 16.5. The summed E-state index contributed by atoms with van der Waals surface area (Å²) in [4.78, 5) is 45.7. The van der Waals surface area contributed by atoms with Gasteiger partial charge < -0.3 is 30.1 Å². The van der Waals surface area contributed by atoms with Crippen LogP contribution in [0.3, 0.4) is 0 Å². The lowest BCUT2D eigenvalue weighted by Gasteiger charge is -2.32. The molecule has 2 aliphatic rings. The van der Waals surface area contributed by atoms with E-state index in [1.165, 1.54) is 0 Å². The quantitative estimate of drug-likeness (QED) is 0.484. The first-order valence-corrected chi connectivity index (χ1v) is 13.7. The molecule has 0 saturated carbocycles.